The molecule has 1 aromatic heterocycles. The lowest BCUT2D eigenvalue weighted by Crippen LogP contribution is -2.46. The molecule has 1 aromatic rings. The summed E-state index contributed by atoms with van der Waals surface area (Å²) in [6.45, 7) is 9.43. The average Bonchev–Trinajstić information content (AvgIpc) is 2.58. The Morgan fingerprint density at radius 3 is 2.68 bits per heavy atom. The minimum atomic E-state index is -0.442. The van der Waals surface area contributed by atoms with E-state index in [9.17, 15) is 4.79 Å². The molecule has 0 aliphatic carbocycles. The van der Waals surface area contributed by atoms with E-state index in [2.05, 4.69) is 22.3 Å². The lowest BCUT2D eigenvalue weighted by Gasteiger charge is -2.30. The van der Waals surface area contributed by atoms with E-state index in [1.807, 2.05) is 37.8 Å². The highest BCUT2D eigenvalue weighted by Gasteiger charge is 2.27. The molecule has 2 rings (SSSR count). The van der Waals surface area contributed by atoms with E-state index in [-0.39, 0.29) is 6.09 Å². The topological polar surface area (TPSA) is 54.7 Å². The molecule has 0 aromatic carbocycles. The fourth-order valence-electron chi connectivity index (χ4n) is 3.18. The number of nitrogens with one attached hydrogen (secondary N) is 1. The Kier molecular flexibility index (Phi) is 7.05. The summed E-state index contributed by atoms with van der Waals surface area (Å²) < 4.78 is 7.10. The number of rotatable bonds is 6. The highest BCUT2D eigenvalue weighted by atomic mass is 16.6. The first-order valence-corrected chi connectivity index (χ1v) is 9.13. The number of hydrogen-bond donors (Lipinski definition) is 1. The van der Waals surface area contributed by atoms with Gasteiger partial charge in [-0.1, -0.05) is 0 Å². The Balaban J connectivity index is 1.67. The normalized spacial score (nSPS) is 16.5. The number of hydrogen-bond acceptors (Lipinski definition) is 4. The zero-order valence-corrected chi connectivity index (χ0v) is 16.0. The van der Waals surface area contributed by atoms with Crippen LogP contribution in [-0.2, 0) is 4.74 Å². The standard InChI is InChI=1S/C19H31N3O3/c1-19(2,3)25-18(23)20-11-7-12-21-14-9-16(10-15-21)17-8-5-6-13-22(17)24-4/h5-6,8,13,16H,7,9-12,14-15H2,1-4H3/p+1. The molecule has 0 bridgehead atoms. The van der Waals surface area contributed by atoms with Crippen LogP contribution < -0.4 is 14.9 Å². The fraction of sp³-hybridized carbons (Fsp3) is 0.684. The maximum absolute atomic E-state index is 11.6. The maximum Gasteiger partial charge on any atom is 0.407 e. The molecule has 6 heteroatoms. The van der Waals surface area contributed by atoms with E-state index in [0.29, 0.717) is 12.5 Å². The van der Waals surface area contributed by atoms with Gasteiger partial charge in [0.15, 0.2) is 0 Å². The van der Waals surface area contributed by atoms with Gasteiger partial charge in [-0.25, -0.2) is 4.79 Å². The summed E-state index contributed by atoms with van der Waals surface area (Å²) >= 11 is 0. The van der Waals surface area contributed by atoms with Crippen LogP contribution in [0.4, 0.5) is 4.79 Å². The number of nitrogens with zero attached hydrogens (tertiary/aromatic N) is 2. The van der Waals surface area contributed by atoms with Crippen LogP contribution in [0.25, 0.3) is 0 Å². The quantitative estimate of drug-likeness (QED) is 0.631. The van der Waals surface area contributed by atoms with Crippen LogP contribution in [0.15, 0.2) is 24.4 Å². The largest absolute Gasteiger partial charge is 0.444 e. The van der Waals surface area contributed by atoms with Crippen molar-refractivity contribution in [3.05, 3.63) is 30.1 Å². The van der Waals surface area contributed by atoms with Crippen LogP contribution in [0.3, 0.4) is 0 Å². The van der Waals surface area contributed by atoms with Gasteiger partial charge >= 0.3 is 6.09 Å². The van der Waals surface area contributed by atoms with Gasteiger partial charge in [0.05, 0.1) is 5.92 Å². The fourth-order valence-corrected chi connectivity index (χ4v) is 3.18. The Morgan fingerprint density at radius 2 is 2.04 bits per heavy atom. The van der Waals surface area contributed by atoms with Crippen LogP contribution in [0.2, 0.25) is 0 Å². The van der Waals surface area contributed by atoms with Gasteiger partial charge in [0.25, 0.3) is 0 Å². The van der Waals surface area contributed by atoms with E-state index in [1.165, 1.54) is 5.69 Å². The van der Waals surface area contributed by atoms with Crippen molar-refractivity contribution in [1.82, 2.24) is 10.2 Å². The first-order chi connectivity index (χ1) is 11.9. The number of amides is 1. The first kappa shape index (κ1) is 19.5. The highest BCUT2D eigenvalue weighted by molar-refractivity contribution is 5.67. The predicted octanol–water partition coefficient (Wildman–Crippen LogP) is 2.13. The van der Waals surface area contributed by atoms with Crippen molar-refractivity contribution in [2.24, 2.45) is 0 Å². The van der Waals surface area contributed by atoms with Crippen molar-refractivity contribution in [3.63, 3.8) is 0 Å². The molecule has 0 saturated carbocycles. The molecule has 0 radical (unpaired) electrons. The summed E-state index contributed by atoms with van der Waals surface area (Å²) in [5, 5.41) is 2.82. The van der Waals surface area contributed by atoms with Crippen LogP contribution in [-0.4, -0.2) is 49.9 Å². The van der Waals surface area contributed by atoms with E-state index >= 15 is 0 Å². The lowest BCUT2D eigenvalue weighted by atomic mass is 9.93. The smallest absolute Gasteiger partial charge is 0.407 e. The Morgan fingerprint density at radius 1 is 1.32 bits per heavy atom. The monoisotopic (exact) mass is 350 g/mol. The van der Waals surface area contributed by atoms with Crippen molar-refractivity contribution < 1.29 is 19.1 Å². The third-order valence-corrected chi connectivity index (χ3v) is 4.38. The molecule has 1 saturated heterocycles. The van der Waals surface area contributed by atoms with Crippen molar-refractivity contribution >= 4 is 6.09 Å². The number of ether oxygens (including phenoxy) is 1. The zero-order valence-electron chi connectivity index (χ0n) is 16.0. The van der Waals surface area contributed by atoms with Crippen molar-refractivity contribution in [1.29, 1.82) is 0 Å². The molecule has 0 atom stereocenters. The summed E-state index contributed by atoms with van der Waals surface area (Å²) in [5.41, 5.74) is 0.805. The summed E-state index contributed by atoms with van der Waals surface area (Å²) in [5.74, 6) is 0.539. The third kappa shape index (κ3) is 6.53. The van der Waals surface area contributed by atoms with Crippen molar-refractivity contribution in [3.8, 4) is 0 Å². The van der Waals surface area contributed by atoms with Gasteiger partial charge in [-0.05, 0) is 65.7 Å². The van der Waals surface area contributed by atoms with Gasteiger partial charge in [0, 0.05) is 23.4 Å². The average molecular weight is 350 g/mol. The van der Waals surface area contributed by atoms with E-state index in [0.717, 1.165) is 38.9 Å². The van der Waals surface area contributed by atoms with Gasteiger partial charge in [-0.2, -0.15) is 0 Å². The third-order valence-electron chi connectivity index (χ3n) is 4.38. The molecule has 0 spiro atoms. The maximum atomic E-state index is 11.6. The number of piperidine rings is 1. The van der Waals surface area contributed by atoms with Crippen molar-refractivity contribution in [2.75, 3.05) is 33.3 Å². The second-order valence-corrected chi connectivity index (χ2v) is 7.53. The minimum Gasteiger partial charge on any atom is -0.444 e. The first-order valence-electron chi connectivity index (χ1n) is 9.13. The number of alkyl carbamates (subject to hydrolysis) is 1. The number of likely N-dealkylation sites (tertiary alicyclic amines) is 1. The van der Waals surface area contributed by atoms with Crippen LogP contribution >= 0.6 is 0 Å². The van der Waals surface area contributed by atoms with Crippen molar-refractivity contribution in [2.45, 2.75) is 51.6 Å². The van der Waals surface area contributed by atoms with E-state index in [4.69, 9.17) is 9.57 Å². The van der Waals surface area contributed by atoms with Gasteiger partial charge < -0.3 is 15.0 Å². The SMILES string of the molecule is CO[n+]1ccccc1C1CCN(CCCNC(=O)OC(C)(C)C)CC1. The molecule has 1 aliphatic heterocycles. The number of aromatic nitrogens is 1. The molecule has 0 unspecified atom stereocenters. The van der Waals surface area contributed by atoms with Crippen LogP contribution in [0.1, 0.15) is 51.6 Å². The van der Waals surface area contributed by atoms with Gasteiger partial charge in [-0.15, -0.1) is 0 Å². The Hall–Kier alpha value is -1.82. The summed E-state index contributed by atoms with van der Waals surface area (Å²) in [7, 11) is 1.70. The second-order valence-electron chi connectivity index (χ2n) is 7.53. The Bertz CT molecular complexity index is 549. The second kappa shape index (κ2) is 9.04. The molecule has 25 heavy (non-hydrogen) atoms. The minimum absolute atomic E-state index is 0.334. The molecule has 1 N–H and O–H groups in total. The summed E-state index contributed by atoms with van der Waals surface area (Å²) in [6, 6.07) is 6.20. The number of pyridine rings is 1. The van der Waals surface area contributed by atoms with Gasteiger partial charge in [0.2, 0.25) is 11.9 Å². The summed E-state index contributed by atoms with van der Waals surface area (Å²) in [6.07, 6.45) is 4.83. The predicted molar refractivity (Wildman–Crippen MR) is 96.4 cm³/mol. The lowest BCUT2D eigenvalue weighted by molar-refractivity contribution is -0.891. The molecular formula is C19H32N3O3+. The van der Waals surface area contributed by atoms with Gasteiger partial charge in [0.1, 0.15) is 12.7 Å². The molecule has 6 nitrogen and oxygen atoms in total. The molecule has 1 amide bonds. The molecule has 1 aliphatic rings. The Labute approximate surface area is 151 Å². The van der Waals surface area contributed by atoms with E-state index < -0.39 is 5.60 Å². The van der Waals surface area contributed by atoms with E-state index in [1.54, 1.807) is 7.11 Å². The highest BCUT2D eigenvalue weighted by Crippen LogP contribution is 2.25. The van der Waals surface area contributed by atoms with Crippen LogP contribution in [0, 0.1) is 0 Å². The molecule has 1 fully saturated rings. The number of carbonyl (C=O) groups is 1. The molecular weight excluding hydrogens is 318 g/mol. The number of carbonyl (C=O) groups excluding carboxylic acids is 1. The zero-order chi connectivity index (χ0) is 18.3. The van der Waals surface area contributed by atoms with Gasteiger partial charge in [-0.3, -0.25) is 4.84 Å². The molecule has 2 heterocycles. The summed E-state index contributed by atoms with van der Waals surface area (Å²) in [4.78, 5) is 19.5. The molecule has 140 valence electrons. The van der Waals surface area contributed by atoms with Crippen LogP contribution in [0.5, 0.6) is 0 Å².